The molecule has 1 N–H and O–H groups in total. The van der Waals surface area contributed by atoms with Crippen LogP contribution in [0, 0.1) is 13.8 Å². The molecule has 6 heteroatoms. The number of aliphatic carboxylic acids is 1. The summed E-state index contributed by atoms with van der Waals surface area (Å²) < 4.78 is 1.53. The van der Waals surface area contributed by atoms with Gasteiger partial charge in [0.1, 0.15) is 0 Å². The van der Waals surface area contributed by atoms with Crippen molar-refractivity contribution in [2.24, 2.45) is 0 Å². The Bertz CT molecular complexity index is 708. The Morgan fingerprint density at radius 3 is 2.71 bits per heavy atom. The van der Waals surface area contributed by atoms with E-state index in [1.807, 2.05) is 25.1 Å². The Balaban J connectivity index is 2.39. The maximum atomic E-state index is 12.1. The number of aromatic nitrogens is 3. The first-order valence-electron chi connectivity index (χ1n) is 6.67. The Morgan fingerprint density at radius 1 is 1.33 bits per heavy atom. The summed E-state index contributed by atoms with van der Waals surface area (Å²) in [6, 6.07) is 5.50. The smallest absolute Gasteiger partial charge is 0.348 e. The molecule has 21 heavy (non-hydrogen) atoms. The quantitative estimate of drug-likeness (QED) is 0.896. The molecule has 110 valence electrons. The zero-order valence-corrected chi connectivity index (χ0v) is 12.0. The normalized spacial score (nSPS) is 10.6. The summed E-state index contributed by atoms with van der Waals surface area (Å²) in [4.78, 5) is 31.0. The van der Waals surface area contributed by atoms with Crippen molar-refractivity contribution >= 4 is 5.97 Å². The van der Waals surface area contributed by atoms with E-state index >= 15 is 0 Å². The maximum absolute atomic E-state index is 12.1. The van der Waals surface area contributed by atoms with E-state index in [1.54, 1.807) is 13.1 Å². The van der Waals surface area contributed by atoms with Crippen LogP contribution in [0.4, 0.5) is 0 Å². The Labute approximate surface area is 122 Å². The zero-order chi connectivity index (χ0) is 15.4. The topological polar surface area (TPSA) is 85.1 Å². The van der Waals surface area contributed by atoms with Gasteiger partial charge >= 0.3 is 11.7 Å². The molecule has 0 saturated carbocycles. The fourth-order valence-corrected chi connectivity index (χ4v) is 2.27. The van der Waals surface area contributed by atoms with Crippen molar-refractivity contribution < 1.29 is 9.90 Å². The van der Waals surface area contributed by atoms with Crippen LogP contribution in [-0.4, -0.2) is 25.6 Å². The van der Waals surface area contributed by atoms with E-state index in [0.29, 0.717) is 18.7 Å². The molecular formula is C15H17N3O3. The number of aryl methyl sites for hydroxylation is 1. The molecule has 2 aromatic rings. The molecular weight excluding hydrogens is 270 g/mol. The van der Waals surface area contributed by atoms with E-state index < -0.39 is 5.97 Å². The fourth-order valence-electron chi connectivity index (χ4n) is 2.27. The van der Waals surface area contributed by atoms with Gasteiger partial charge < -0.3 is 5.11 Å². The minimum absolute atomic E-state index is 0.0190. The lowest BCUT2D eigenvalue weighted by Gasteiger charge is -2.14. The number of carboxylic acid groups (broad SMARTS) is 1. The average molecular weight is 287 g/mol. The molecule has 0 amide bonds. The molecule has 0 unspecified atom stereocenters. The second-order valence-corrected chi connectivity index (χ2v) is 4.84. The molecule has 0 saturated heterocycles. The highest BCUT2D eigenvalue weighted by Gasteiger charge is 2.13. The number of carboxylic acids is 1. The van der Waals surface area contributed by atoms with E-state index in [-0.39, 0.29) is 12.1 Å². The average Bonchev–Trinajstić information content (AvgIpc) is 2.44. The Hall–Kier alpha value is -2.50. The molecule has 2 rings (SSSR count). The van der Waals surface area contributed by atoms with Gasteiger partial charge in [-0.2, -0.15) is 4.98 Å². The van der Waals surface area contributed by atoms with E-state index in [4.69, 9.17) is 5.11 Å². The van der Waals surface area contributed by atoms with E-state index in [0.717, 1.165) is 17.0 Å². The Kier molecular flexibility index (Phi) is 4.47. The van der Waals surface area contributed by atoms with Crippen molar-refractivity contribution in [3.8, 4) is 0 Å². The first kappa shape index (κ1) is 14.9. The molecule has 2 heterocycles. The lowest BCUT2D eigenvalue weighted by molar-refractivity contribution is -0.136. The number of pyridine rings is 1. The zero-order valence-electron chi connectivity index (χ0n) is 12.0. The van der Waals surface area contributed by atoms with Gasteiger partial charge in [0.2, 0.25) is 0 Å². The van der Waals surface area contributed by atoms with Crippen LogP contribution in [-0.2, 0) is 17.8 Å². The molecule has 6 nitrogen and oxygen atoms in total. The lowest BCUT2D eigenvalue weighted by Crippen LogP contribution is -2.28. The first-order valence-corrected chi connectivity index (χ1v) is 6.67. The van der Waals surface area contributed by atoms with Crippen LogP contribution in [0.25, 0.3) is 0 Å². The van der Waals surface area contributed by atoms with Gasteiger partial charge in [0, 0.05) is 24.0 Å². The third-order valence-electron chi connectivity index (χ3n) is 3.41. The van der Waals surface area contributed by atoms with Gasteiger partial charge in [-0.05, 0) is 38.0 Å². The van der Waals surface area contributed by atoms with Gasteiger partial charge in [-0.25, -0.2) is 4.79 Å². The second-order valence-electron chi connectivity index (χ2n) is 4.84. The van der Waals surface area contributed by atoms with Crippen molar-refractivity contribution in [1.82, 2.24) is 14.5 Å². The highest BCUT2D eigenvalue weighted by Crippen LogP contribution is 2.13. The fraction of sp³-hybridized carbons (Fsp3) is 0.333. The predicted molar refractivity (Wildman–Crippen MR) is 77.3 cm³/mol. The van der Waals surface area contributed by atoms with E-state index in [9.17, 15) is 9.59 Å². The molecule has 0 atom stereocenters. The molecule has 0 fully saturated rings. The second kappa shape index (κ2) is 6.30. The van der Waals surface area contributed by atoms with Crippen LogP contribution in [0.15, 0.2) is 29.2 Å². The van der Waals surface area contributed by atoms with Crippen molar-refractivity contribution in [3.05, 3.63) is 57.5 Å². The largest absolute Gasteiger partial charge is 0.481 e. The SMILES string of the molecule is Cc1nc(=O)n(Cc2ccccn2)c(C)c1CCC(=O)O. The minimum atomic E-state index is -0.865. The summed E-state index contributed by atoms with van der Waals surface area (Å²) in [7, 11) is 0. The molecule has 0 aromatic carbocycles. The Morgan fingerprint density at radius 2 is 2.10 bits per heavy atom. The van der Waals surface area contributed by atoms with Gasteiger partial charge in [-0.15, -0.1) is 0 Å². The molecule has 0 aliphatic heterocycles. The van der Waals surface area contributed by atoms with Crippen LogP contribution < -0.4 is 5.69 Å². The molecule has 0 aliphatic carbocycles. The van der Waals surface area contributed by atoms with Crippen LogP contribution in [0.2, 0.25) is 0 Å². The van der Waals surface area contributed by atoms with E-state index in [2.05, 4.69) is 9.97 Å². The van der Waals surface area contributed by atoms with Crippen molar-refractivity contribution in [2.75, 3.05) is 0 Å². The summed E-state index contributed by atoms with van der Waals surface area (Å²) in [5.41, 5.74) is 2.58. The van der Waals surface area contributed by atoms with Gasteiger partial charge in [0.25, 0.3) is 0 Å². The van der Waals surface area contributed by atoms with Gasteiger partial charge in [-0.1, -0.05) is 6.07 Å². The number of nitrogens with zero attached hydrogens (tertiary/aromatic N) is 3. The monoisotopic (exact) mass is 287 g/mol. The highest BCUT2D eigenvalue weighted by molar-refractivity contribution is 5.67. The highest BCUT2D eigenvalue weighted by atomic mass is 16.4. The minimum Gasteiger partial charge on any atom is -0.481 e. The number of hydrogen-bond donors (Lipinski definition) is 1. The van der Waals surface area contributed by atoms with Crippen LogP contribution >= 0.6 is 0 Å². The summed E-state index contributed by atoms with van der Waals surface area (Å²) in [5.74, 6) is -0.865. The molecule has 2 aromatic heterocycles. The number of hydrogen-bond acceptors (Lipinski definition) is 4. The van der Waals surface area contributed by atoms with Gasteiger partial charge in [-0.3, -0.25) is 14.3 Å². The molecule has 0 aliphatic rings. The van der Waals surface area contributed by atoms with Crippen molar-refractivity contribution in [2.45, 2.75) is 33.2 Å². The number of rotatable bonds is 5. The standard InChI is InChI=1S/C15H17N3O3/c1-10-13(6-7-14(19)20)11(2)18(15(21)17-10)9-12-5-3-4-8-16-12/h3-5,8H,6-7,9H2,1-2H3,(H,19,20). The third kappa shape index (κ3) is 3.53. The summed E-state index contributed by atoms with van der Waals surface area (Å²) >= 11 is 0. The van der Waals surface area contributed by atoms with Crippen molar-refractivity contribution in [1.29, 1.82) is 0 Å². The third-order valence-corrected chi connectivity index (χ3v) is 3.41. The van der Waals surface area contributed by atoms with Crippen LogP contribution in [0.1, 0.15) is 29.1 Å². The lowest BCUT2D eigenvalue weighted by atomic mass is 10.1. The molecule has 0 spiro atoms. The summed E-state index contributed by atoms with van der Waals surface area (Å²) in [6.45, 7) is 3.88. The summed E-state index contributed by atoms with van der Waals surface area (Å²) in [5, 5.41) is 8.82. The van der Waals surface area contributed by atoms with Crippen LogP contribution in [0.3, 0.4) is 0 Å². The van der Waals surface area contributed by atoms with E-state index in [1.165, 1.54) is 4.57 Å². The number of carbonyl (C=O) groups is 1. The predicted octanol–water partition coefficient (Wildman–Crippen LogP) is 1.32. The van der Waals surface area contributed by atoms with Gasteiger partial charge in [0.05, 0.1) is 12.2 Å². The maximum Gasteiger partial charge on any atom is 0.348 e. The molecule has 0 bridgehead atoms. The van der Waals surface area contributed by atoms with Crippen molar-refractivity contribution in [3.63, 3.8) is 0 Å². The summed E-state index contributed by atoms with van der Waals surface area (Å²) in [6.07, 6.45) is 2.05. The first-order chi connectivity index (χ1) is 9.99. The van der Waals surface area contributed by atoms with Crippen LogP contribution in [0.5, 0.6) is 0 Å². The molecule has 0 radical (unpaired) electrons. The van der Waals surface area contributed by atoms with Gasteiger partial charge in [0.15, 0.2) is 0 Å².